The molecule has 1 atom stereocenters. The molecule has 0 bridgehead atoms. The first-order chi connectivity index (χ1) is 8.84. The van der Waals surface area contributed by atoms with Crippen LogP contribution in [0.5, 0.6) is 0 Å². The molecule has 0 aliphatic heterocycles. The van der Waals surface area contributed by atoms with Gasteiger partial charge in [-0.2, -0.15) is 0 Å². The molecule has 1 heterocycles. The van der Waals surface area contributed by atoms with Crippen molar-refractivity contribution in [3.63, 3.8) is 0 Å². The normalized spacial score (nSPS) is 13.2. The fraction of sp³-hybridized carbons (Fsp3) is 0.692. The SMILES string of the molecule is CNc1cc(NCC(O)CC(C)(C)C)nc(SC)n1. The third kappa shape index (κ3) is 6.11. The Hall–Kier alpha value is -1.01. The zero-order valence-corrected chi connectivity index (χ0v) is 13.1. The van der Waals surface area contributed by atoms with Crippen LogP contribution in [0.25, 0.3) is 0 Å². The van der Waals surface area contributed by atoms with Crippen LogP contribution in [-0.2, 0) is 0 Å². The van der Waals surface area contributed by atoms with Gasteiger partial charge in [0.1, 0.15) is 11.6 Å². The monoisotopic (exact) mass is 284 g/mol. The van der Waals surface area contributed by atoms with Crippen LogP contribution in [0.3, 0.4) is 0 Å². The van der Waals surface area contributed by atoms with Gasteiger partial charge in [-0.15, -0.1) is 0 Å². The van der Waals surface area contributed by atoms with E-state index in [1.54, 1.807) is 0 Å². The van der Waals surface area contributed by atoms with Gasteiger partial charge in [0.2, 0.25) is 0 Å². The Labute approximate surface area is 119 Å². The zero-order valence-electron chi connectivity index (χ0n) is 12.3. The smallest absolute Gasteiger partial charge is 0.191 e. The largest absolute Gasteiger partial charge is 0.391 e. The van der Waals surface area contributed by atoms with E-state index in [1.807, 2.05) is 19.4 Å². The number of hydrogen-bond acceptors (Lipinski definition) is 6. The summed E-state index contributed by atoms with van der Waals surface area (Å²) in [6.45, 7) is 6.84. The third-order valence-electron chi connectivity index (χ3n) is 2.51. The number of hydrogen-bond donors (Lipinski definition) is 3. The molecule has 0 aliphatic rings. The van der Waals surface area contributed by atoms with Crippen molar-refractivity contribution >= 4 is 23.4 Å². The van der Waals surface area contributed by atoms with Crippen molar-refractivity contribution in [1.82, 2.24) is 9.97 Å². The van der Waals surface area contributed by atoms with Crippen molar-refractivity contribution in [3.05, 3.63) is 6.07 Å². The van der Waals surface area contributed by atoms with Gasteiger partial charge in [0.25, 0.3) is 0 Å². The Kier molecular flexibility index (Phi) is 5.87. The number of anilines is 2. The van der Waals surface area contributed by atoms with Crippen molar-refractivity contribution in [2.24, 2.45) is 5.41 Å². The van der Waals surface area contributed by atoms with Crippen LogP contribution in [0.15, 0.2) is 11.2 Å². The molecule has 0 radical (unpaired) electrons. The minimum atomic E-state index is -0.384. The second-order valence-corrected chi connectivity index (χ2v) is 6.45. The van der Waals surface area contributed by atoms with Crippen LogP contribution in [0.2, 0.25) is 0 Å². The van der Waals surface area contributed by atoms with E-state index in [-0.39, 0.29) is 11.5 Å². The van der Waals surface area contributed by atoms with Crippen LogP contribution in [0.4, 0.5) is 11.6 Å². The van der Waals surface area contributed by atoms with Gasteiger partial charge in [0.05, 0.1) is 6.10 Å². The van der Waals surface area contributed by atoms with Crippen molar-refractivity contribution in [1.29, 1.82) is 0 Å². The average molecular weight is 284 g/mol. The molecule has 0 spiro atoms. The molecule has 0 amide bonds. The molecule has 0 fully saturated rings. The maximum absolute atomic E-state index is 9.97. The molecular formula is C13H24N4OS. The molecule has 108 valence electrons. The summed E-state index contributed by atoms with van der Waals surface area (Å²) in [5, 5.41) is 16.8. The van der Waals surface area contributed by atoms with Crippen molar-refractivity contribution < 1.29 is 5.11 Å². The van der Waals surface area contributed by atoms with Gasteiger partial charge in [-0.25, -0.2) is 9.97 Å². The van der Waals surface area contributed by atoms with E-state index in [0.29, 0.717) is 11.7 Å². The summed E-state index contributed by atoms with van der Waals surface area (Å²) < 4.78 is 0. The molecule has 0 aromatic carbocycles. The predicted octanol–water partition coefficient (Wildman–Crippen LogP) is 2.45. The van der Waals surface area contributed by atoms with Crippen LogP contribution in [0.1, 0.15) is 27.2 Å². The molecular weight excluding hydrogens is 260 g/mol. The Morgan fingerprint density at radius 3 is 2.47 bits per heavy atom. The molecule has 0 aliphatic carbocycles. The summed E-state index contributed by atoms with van der Waals surface area (Å²) in [5.74, 6) is 1.50. The molecule has 5 nitrogen and oxygen atoms in total. The fourth-order valence-corrected chi connectivity index (χ4v) is 2.12. The summed E-state index contributed by atoms with van der Waals surface area (Å²) in [4.78, 5) is 8.65. The Bertz CT molecular complexity index is 384. The maximum atomic E-state index is 9.97. The Morgan fingerprint density at radius 2 is 1.95 bits per heavy atom. The predicted molar refractivity (Wildman–Crippen MR) is 81.9 cm³/mol. The number of nitrogens with one attached hydrogen (secondary N) is 2. The molecule has 1 rings (SSSR count). The van der Waals surface area contributed by atoms with Crippen LogP contribution in [0, 0.1) is 5.41 Å². The number of aromatic nitrogens is 2. The highest BCUT2D eigenvalue weighted by molar-refractivity contribution is 7.98. The van der Waals surface area contributed by atoms with E-state index < -0.39 is 0 Å². The maximum Gasteiger partial charge on any atom is 0.191 e. The quantitative estimate of drug-likeness (QED) is 0.550. The highest BCUT2D eigenvalue weighted by Gasteiger charge is 2.16. The summed E-state index contributed by atoms with van der Waals surface area (Å²) >= 11 is 1.49. The number of aliphatic hydroxyl groups is 1. The molecule has 1 unspecified atom stereocenters. The lowest BCUT2D eigenvalue weighted by molar-refractivity contribution is 0.132. The summed E-state index contributed by atoms with van der Waals surface area (Å²) in [6.07, 6.45) is 2.30. The van der Waals surface area contributed by atoms with E-state index >= 15 is 0 Å². The fourth-order valence-electron chi connectivity index (χ4n) is 1.74. The second kappa shape index (κ2) is 6.96. The third-order valence-corrected chi connectivity index (χ3v) is 3.06. The Morgan fingerprint density at radius 1 is 1.32 bits per heavy atom. The van der Waals surface area contributed by atoms with E-state index in [2.05, 4.69) is 41.4 Å². The van der Waals surface area contributed by atoms with Gasteiger partial charge in [0, 0.05) is 19.7 Å². The van der Waals surface area contributed by atoms with Gasteiger partial charge in [-0.3, -0.25) is 0 Å². The first kappa shape index (κ1) is 16.0. The minimum Gasteiger partial charge on any atom is -0.391 e. The lowest BCUT2D eigenvalue weighted by Crippen LogP contribution is -2.25. The van der Waals surface area contributed by atoms with Gasteiger partial charge in [0.15, 0.2) is 5.16 Å². The topological polar surface area (TPSA) is 70.1 Å². The Balaban J connectivity index is 2.62. The van der Waals surface area contributed by atoms with E-state index in [4.69, 9.17) is 0 Å². The summed E-state index contributed by atoms with van der Waals surface area (Å²) in [5.41, 5.74) is 0.118. The highest BCUT2D eigenvalue weighted by atomic mass is 32.2. The van der Waals surface area contributed by atoms with Crippen LogP contribution < -0.4 is 10.6 Å². The molecule has 0 saturated carbocycles. The first-order valence-corrected chi connectivity index (χ1v) is 7.59. The molecule has 6 heteroatoms. The van der Waals surface area contributed by atoms with Gasteiger partial charge >= 0.3 is 0 Å². The lowest BCUT2D eigenvalue weighted by Gasteiger charge is -2.22. The van der Waals surface area contributed by atoms with Crippen LogP contribution in [-0.4, -0.2) is 41.0 Å². The van der Waals surface area contributed by atoms with Crippen molar-refractivity contribution in [2.75, 3.05) is 30.5 Å². The summed E-state index contributed by atoms with van der Waals surface area (Å²) in [6, 6.07) is 1.84. The van der Waals surface area contributed by atoms with E-state index in [1.165, 1.54) is 11.8 Å². The van der Waals surface area contributed by atoms with Crippen molar-refractivity contribution in [3.8, 4) is 0 Å². The first-order valence-electron chi connectivity index (χ1n) is 6.37. The average Bonchev–Trinajstić information content (AvgIpc) is 2.33. The molecule has 0 saturated heterocycles. The second-order valence-electron chi connectivity index (χ2n) is 5.67. The van der Waals surface area contributed by atoms with Gasteiger partial charge in [-0.05, 0) is 18.1 Å². The summed E-state index contributed by atoms with van der Waals surface area (Å²) in [7, 11) is 1.82. The minimum absolute atomic E-state index is 0.118. The standard InChI is InChI=1S/C13H24N4OS/c1-13(2,3)7-9(18)8-15-11-6-10(14-4)16-12(17-11)19-5/h6,9,18H,7-8H2,1-5H3,(H2,14,15,16,17). The highest BCUT2D eigenvalue weighted by Crippen LogP contribution is 2.21. The molecule has 1 aromatic rings. The molecule has 1 aromatic heterocycles. The van der Waals surface area contributed by atoms with E-state index in [0.717, 1.165) is 18.1 Å². The molecule has 3 N–H and O–H groups in total. The number of nitrogens with zero attached hydrogens (tertiary/aromatic N) is 2. The number of aliphatic hydroxyl groups excluding tert-OH is 1. The van der Waals surface area contributed by atoms with Gasteiger partial charge < -0.3 is 15.7 Å². The zero-order chi connectivity index (χ0) is 14.5. The van der Waals surface area contributed by atoms with Crippen molar-refractivity contribution in [2.45, 2.75) is 38.5 Å². The number of rotatable bonds is 6. The lowest BCUT2D eigenvalue weighted by atomic mass is 9.89. The van der Waals surface area contributed by atoms with E-state index in [9.17, 15) is 5.11 Å². The van der Waals surface area contributed by atoms with Crippen LogP contribution >= 0.6 is 11.8 Å². The number of thioether (sulfide) groups is 1. The molecule has 19 heavy (non-hydrogen) atoms. The van der Waals surface area contributed by atoms with Gasteiger partial charge in [-0.1, -0.05) is 32.5 Å².